The normalized spacial score (nSPS) is 10.9. The molecule has 0 aliphatic rings. The minimum atomic E-state index is -0.319. The molecular weight excluding hydrogens is 288 g/mol. The van der Waals surface area contributed by atoms with Crippen LogP contribution in [0.5, 0.6) is 0 Å². The molecule has 2 heterocycles. The van der Waals surface area contributed by atoms with Crippen LogP contribution in [0, 0.1) is 0 Å². The van der Waals surface area contributed by atoms with Crippen molar-refractivity contribution >= 4 is 11.6 Å². The predicted octanol–water partition coefficient (Wildman–Crippen LogP) is 4.13. The summed E-state index contributed by atoms with van der Waals surface area (Å²) in [5.74, 6) is -0.319. The van der Waals surface area contributed by atoms with Crippen molar-refractivity contribution in [3.8, 4) is 11.3 Å². The number of carbonyl (C=O) groups excluding carboxylic acids is 1. The Morgan fingerprint density at radius 1 is 1.17 bits per heavy atom. The van der Waals surface area contributed by atoms with Gasteiger partial charge < -0.3 is 4.74 Å². The summed E-state index contributed by atoms with van der Waals surface area (Å²) in [7, 11) is 1.39. The summed E-state index contributed by atoms with van der Waals surface area (Å²) >= 11 is 0. The van der Waals surface area contributed by atoms with Crippen LogP contribution in [-0.2, 0) is 11.2 Å². The number of rotatable bonds is 5. The first-order valence-corrected chi connectivity index (χ1v) is 7.89. The van der Waals surface area contributed by atoms with Crippen LogP contribution in [0.3, 0.4) is 0 Å². The van der Waals surface area contributed by atoms with Crippen LogP contribution in [-0.4, -0.2) is 22.5 Å². The molecule has 0 aliphatic carbocycles. The average Bonchev–Trinajstić information content (AvgIpc) is 2.97. The van der Waals surface area contributed by atoms with E-state index >= 15 is 0 Å². The lowest BCUT2D eigenvalue weighted by atomic mass is 10.0. The molecule has 0 fully saturated rings. The van der Waals surface area contributed by atoms with E-state index < -0.39 is 0 Å². The van der Waals surface area contributed by atoms with Crippen LogP contribution in [0.2, 0.25) is 0 Å². The van der Waals surface area contributed by atoms with Crippen LogP contribution >= 0.6 is 0 Å². The Labute approximate surface area is 135 Å². The topological polar surface area (TPSA) is 43.6 Å². The lowest BCUT2D eigenvalue weighted by Crippen LogP contribution is -2.00. The largest absolute Gasteiger partial charge is 0.465 e. The summed E-state index contributed by atoms with van der Waals surface area (Å²) in [6.45, 7) is 2.18. The minimum absolute atomic E-state index is 0.319. The third-order valence-electron chi connectivity index (χ3n) is 3.95. The number of imidazole rings is 1. The Kier molecular flexibility index (Phi) is 4.42. The second-order valence-electron chi connectivity index (χ2n) is 5.51. The van der Waals surface area contributed by atoms with Crippen molar-refractivity contribution in [1.82, 2.24) is 9.38 Å². The van der Waals surface area contributed by atoms with Gasteiger partial charge in [-0.05, 0) is 37.1 Å². The number of esters is 1. The van der Waals surface area contributed by atoms with Gasteiger partial charge in [-0.3, -0.25) is 4.40 Å². The molecule has 2 aromatic heterocycles. The van der Waals surface area contributed by atoms with Gasteiger partial charge in [0.25, 0.3) is 0 Å². The molecule has 0 unspecified atom stereocenters. The third-order valence-corrected chi connectivity index (χ3v) is 3.95. The molecule has 0 spiro atoms. The fourth-order valence-corrected chi connectivity index (χ4v) is 2.75. The maximum atomic E-state index is 11.6. The highest BCUT2D eigenvalue weighted by Gasteiger charge is 2.14. The van der Waals surface area contributed by atoms with Gasteiger partial charge in [-0.2, -0.15) is 0 Å². The number of unbranched alkanes of at least 4 members (excludes halogenated alkanes) is 1. The van der Waals surface area contributed by atoms with Crippen molar-refractivity contribution in [1.29, 1.82) is 0 Å². The smallest absolute Gasteiger partial charge is 0.337 e. The fourth-order valence-electron chi connectivity index (χ4n) is 2.75. The summed E-state index contributed by atoms with van der Waals surface area (Å²) in [4.78, 5) is 16.4. The van der Waals surface area contributed by atoms with Gasteiger partial charge in [0.15, 0.2) is 0 Å². The van der Waals surface area contributed by atoms with Crippen molar-refractivity contribution in [3.05, 3.63) is 59.9 Å². The number of hydrogen-bond donors (Lipinski definition) is 0. The molecule has 1 aromatic carbocycles. The van der Waals surface area contributed by atoms with Crippen LogP contribution in [0.1, 0.15) is 35.8 Å². The predicted molar refractivity (Wildman–Crippen MR) is 90.6 cm³/mol. The van der Waals surface area contributed by atoms with Gasteiger partial charge in [-0.1, -0.05) is 31.5 Å². The quantitative estimate of drug-likeness (QED) is 0.666. The number of methoxy groups -OCH3 is 1. The molecule has 0 saturated carbocycles. The van der Waals surface area contributed by atoms with Crippen molar-refractivity contribution in [2.75, 3.05) is 7.11 Å². The molecule has 0 aliphatic heterocycles. The molecule has 4 nitrogen and oxygen atoms in total. The van der Waals surface area contributed by atoms with Crippen LogP contribution in [0.4, 0.5) is 0 Å². The fraction of sp³-hybridized carbons (Fsp3) is 0.263. The first kappa shape index (κ1) is 15.3. The number of fused-ring (bicyclic) bond motifs is 1. The molecule has 4 heteroatoms. The number of aryl methyl sites for hydroxylation is 1. The van der Waals surface area contributed by atoms with E-state index in [4.69, 9.17) is 9.72 Å². The molecular formula is C19H20N2O2. The highest BCUT2D eigenvalue weighted by atomic mass is 16.5. The van der Waals surface area contributed by atoms with E-state index in [2.05, 4.69) is 11.3 Å². The van der Waals surface area contributed by atoms with Crippen molar-refractivity contribution in [3.63, 3.8) is 0 Å². The number of carbonyl (C=O) groups is 1. The molecule has 3 rings (SSSR count). The summed E-state index contributed by atoms with van der Waals surface area (Å²) < 4.78 is 6.87. The molecule has 3 aromatic rings. The number of hydrogen-bond acceptors (Lipinski definition) is 3. The standard InChI is InChI=1S/C19H20N2O2/c1-3-4-7-16-18(21-13-6-5-8-17(21)20-16)14-9-11-15(12-10-14)19(22)23-2/h5-6,8-13H,3-4,7H2,1-2H3. The minimum Gasteiger partial charge on any atom is -0.465 e. The van der Waals surface area contributed by atoms with Gasteiger partial charge >= 0.3 is 5.97 Å². The number of benzene rings is 1. The zero-order valence-corrected chi connectivity index (χ0v) is 13.5. The molecule has 118 valence electrons. The lowest BCUT2D eigenvalue weighted by Gasteiger charge is -2.06. The Morgan fingerprint density at radius 2 is 1.96 bits per heavy atom. The second kappa shape index (κ2) is 6.65. The van der Waals surface area contributed by atoms with E-state index in [0.717, 1.165) is 41.9 Å². The van der Waals surface area contributed by atoms with Gasteiger partial charge in [0.1, 0.15) is 5.65 Å². The summed E-state index contributed by atoms with van der Waals surface area (Å²) in [5, 5.41) is 0. The van der Waals surface area contributed by atoms with Crippen molar-refractivity contribution in [2.24, 2.45) is 0 Å². The van der Waals surface area contributed by atoms with Crippen LogP contribution in [0.25, 0.3) is 16.9 Å². The summed E-state index contributed by atoms with van der Waals surface area (Å²) in [6.07, 6.45) is 5.22. The maximum Gasteiger partial charge on any atom is 0.337 e. The monoisotopic (exact) mass is 308 g/mol. The molecule has 0 N–H and O–H groups in total. The maximum absolute atomic E-state index is 11.6. The Balaban J connectivity index is 2.08. The lowest BCUT2D eigenvalue weighted by molar-refractivity contribution is 0.0601. The summed E-state index contributed by atoms with van der Waals surface area (Å²) in [5.41, 5.74) is 4.77. The highest BCUT2D eigenvalue weighted by molar-refractivity contribution is 5.90. The molecule has 0 bridgehead atoms. The van der Waals surface area contributed by atoms with E-state index in [1.807, 2.05) is 36.5 Å². The molecule has 0 atom stereocenters. The molecule has 23 heavy (non-hydrogen) atoms. The Bertz CT molecular complexity index is 819. The van der Waals surface area contributed by atoms with E-state index in [9.17, 15) is 4.79 Å². The van der Waals surface area contributed by atoms with Gasteiger partial charge in [0, 0.05) is 11.8 Å². The zero-order chi connectivity index (χ0) is 16.2. The first-order valence-electron chi connectivity index (χ1n) is 7.89. The van der Waals surface area contributed by atoms with Crippen LogP contribution < -0.4 is 0 Å². The number of pyridine rings is 1. The molecule has 0 saturated heterocycles. The van der Waals surface area contributed by atoms with Gasteiger partial charge in [0.2, 0.25) is 0 Å². The Morgan fingerprint density at radius 3 is 2.65 bits per heavy atom. The van der Waals surface area contributed by atoms with E-state index in [1.165, 1.54) is 7.11 Å². The van der Waals surface area contributed by atoms with E-state index in [0.29, 0.717) is 5.56 Å². The number of aromatic nitrogens is 2. The van der Waals surface area contributed by atoms with Gasteiger partial charge in [-0.15, -0.1) is 0 Å². The number of ether oxygens (including phenoxy) is 1. The van der Waals surface area contributed by atoms with Gasteiger partial charge in [0.05, 0.1) is 24.1 Å². The Hall–Kier alpha value is -2.62. The second-order valence-corrected chi connectivity index (χ2v) is 5.51. The van der Waals surface area contributed by atoms with Crippen molar-refractivity contribution in [2.45, 2.75) is 26.2 Å². The van der Waals surface area contributed by atoms with Crippen molar-refractivity contribution < 1.29 is 9.53 Å². The molecule has 0 radical (unpaired) electrons. The third kappa shape index (κ3) is 2.97. The zero-order valence-electron chi connectivity index (χ0n) is 13.5. The average molecular weight is 308 g/mol. The summed E-state index contributed by atoms with van der Waals surface area (Å²) in [6, 6.07) is 13.5. The first-order chi connectivity index (χ1) is 11.2. The van der Waals surface area contributed by atoms with Gasteiger partial charge in [-0.25, -0.2) is 9.78 Å². The highest BCUT2D eigenvalue weighted by Crippen LogP contribution is 2.27. The van der Waals surface area contributed by atoms with E-state index in [1.54, 1.807) is 12.1 Å². The number of nitrogens with zero attached hydrogens (tertiary/aromatic N) is 2. The van der Waals surface area contributed by atoms with E-state index in [-0.39, 0.29) is 5.97 Å². The van der Waals surface area contributed by atoms with Crippen LogP contribution in [0.15, 0.2) is 48.7 Å². The molecule has 0 amide bonds. The SMILES string of the molecule is CCCCc1nc2ccccn2c1-c1ccc(C(=O)OC)cc1.